The molecule has 1 heterocycles. The summed E-state index contributed by atoms with van der Waals surface area (Å²) in [6.07, 6.45) is 5.62. The first-order chi connectivity index (χ1) is 13.8. The fraction of sp³-hybridized carbons (Fsp3) is 0.682. The molecule has 0 aromatic heterocycles. The fourth-order valence-corrected chi connectivity index (χ4v) is 6.25. The molecule has 6 nitrogen and oxygen atoms in total. The van der Waals surface area contributed by atoms with Crippen LogP contribution in [0.25, 0.3) is 0 Å². The van der Waals surface area contributed by atoms with Gasteiger partial charge in [0.2, 0.25) is 15.9 Å². The second kappa shape index (κ2) is 9.58. The minimum Gasteiger partial charge on any atom is -0.376 e. The quantitative estimate of drug-likeness (QED) is 0.707. The highest BCUT2D eigenvalue weighted by molar-refractivity contribution is 7.89. The van der Waals surface area contributed by atoms with Crippen LogP contribution in [0.1, 0.15) is 55.2 Å². The third kappa shape index (κ3) is 5.80. The molecule has 29 heavy (non-hydrogen) atoms. The van der Waals surface area contributed by atoms with Gasteiger partial charge in [-0.3, -0.25) is 4.79 Å². The molecule has 162 valence electrons. The zero-order valence-electron chi connectivity index (χ0n) is 17.8. The van der Waals surface area contributed by atoms with Gasteiger partial charge in [-0.1, -0.05) is 17.7 Å². The second-order valence-corrected chi connectivity index (χ2v) is 10.4. The third-order valence-corrected chi connectivity index (χ3v) is 7.91. The van der Waals surface area contributed by atoms with Gasteiger partial charge in [0.15, 0.2) is 0 Å². The summed E-state index contributed by atoms with van der Waals surface area (Å²) in [5, 5.41) is 3.03. The monoisotopic (exact) mass is 422 g/mol. The van der Waals surface area contributed by atoms with Crippen molar-refractivity contribution in [2.24, 2.45) is 11.8 Å². The van der Waals surface area contributed by atoms with Gasteiger partial charge in [0.05, 0.1) is 11.0 Å². The van der Waals surface area contributed by atoms with E-state index in [-0.39, 0.29) is 23.8 Å². The zero-order chi connectivity index (χ0) is 21.0. The molecule has 1 saturated carbocycles. The second-order valence-electron chi connectivity index (χ2n) is 8.68. The number of amides is 1. The molecule has 1 aliphatic heterocycles. The topological polar surface area (TPSA) is 84.5 Å². The number of carbonyl (C=O) groups excluding carboxylic acids is 1. The zero-order valence-corrected chi connectivity index (χ0v) is 18.6. The predicted octanol–water partition coefficient (Wildman–Crippen LogP) is 2.99. The Morgan fingerprint density at radius 1 is 1.03 bits per heavy atom. The number of hydrogen-bond donors (Lipinski definition) is 2. The summed E-state index contributed by atoms with van der Waals surface area (Å²) in [6, 6.07) is 3.81. The average Bonchev–Trinajstić information content (AvgIpc) is 3.17. The Hall–Kier alpha value is -1.44. The van der Waals surface area contributed by atoms with E-state index in [1.165, 1.54) is 0 Å². The smallest absolute Gasteiger partial charge is 0.241 e. The summed E-state index contributed by atoms with van der Waals surface area (Å²) < 4.78 is 34.0. The molecule has 2 fully saturated rings. The van der Waals surface area contributed by atoms with Gasteiger partial charge in [0.1, 0.15) is 0 Å². The first-order valence-corrected chi connectivity index (χ1v) is 12.2. The molecule has 1 amide bonds. The SMILES string of the molecule is Cc1cc(C)c(S(=O)(=O)NCC2CCC(C(=O)NCC3CCCO3)CC2)c(C)c1. The van der Waals surface area contributed by atoms with E-state index in [0.29, 0.717) is 18.0 Å². The molecule has 1 atom stereocenters. The number of benzene rings is 1. The lowest BCUT2D eigenvalue weighted by Gasteiger charge is -2.28. The normalized spacial score (nSPS) is 25.1. The van der Waals surface area contributed by atoms with Crippen LogP contribution in [0.3, 0.4) is 0 Å². The van der Waals surface area contributed by atoms with Crippen LogP contribution in [-0.2, 0) is 19.6 Å². The van der Waals surface area contributed by atoms with Crippen LogP contribution >= 0.6 is 0 Å². The van der Waals surface area contributed by atoms with Crippen molar-refractivity contribution in [3.8, 4) is 0 Å². The Morgan fingerprint density at radius 3 is 2.28 bits per heavy atom. The van der Waals surface area contributed by atoms with Crippen molar-refractivity contribution < 1.29 is 17.9 Å². The summed E-state index contributed by atoms with van der Waals surface area (Å²) in [7, 11) is -3.53. The van der Waals surface area contributed by atoms with Crippen molar-refractivity contribution in [1.29, 1.82) is 0 Å². The molecule has 1 aromatic carbocycles. The molecule has 0 spiro atoms. The van der Waals surface area contributed by atoms with Crippen molar-refractivity contribution in [2.75, 3.05) is 19.7 Å². The van der Waals surface area contributed by atoms with Crippen LogP contribution in [0, 0.1) is 32.6 Å². The van der Waals surface area contributed by atoms with E-state index < -0.39 is 10.0 Å². The molecule has 0 bridgehead atoms. The largest absolute Gasteiger partial charge is 0.376 e. The number of nitrogens with one attached hydrogen (secondary N) is 2. The van der Waals surface area contributed by atoms with Crippen LogP contribution in [0.2, 0.25) is 0 Å². The maximum Gasteiger partial charge on any atom is 0.241 e. The highest BCUT2D eigenvalue weighted by atomic mass is 32.2. The first-order valence-electron chi connectivity index (χ1n) is 10.7. The molecule has 1 aromatic rings. The minimum absolute atomic E-state index is 0.0332. The number of aryl methyl sites for hydroxylation is 3. The van der Waals surface area contributed by atoms with Gasteiger partial charge in [0.25, 0.3) is 0 Å². The van der Waals surface area contributed by atoms with Crippen molar-refractivity contribution in [1.82, 2.24) is 10.0 Å². The lowest BCUT2D eigenvalue weighted by molar-refractivity contribution is -0.126. The Kier molecular flexibility index (Phi) is 7.35. The average molecular weight is 423 g/mol. The van der Waals surface area contributed by atoms with Gasteiger partial charge in [-0.15, -0.1) is 0 Å². The summed E-state index contributed by atoms with van der Waals surface area (Å²) in [6.45, 7) is 7.49. The molecular formula is C22H34N2O4S. The van der Waals surface area contributed by atoms with Gasteiger partial charge in [0, 0.05) is 25.6 Å². The summed E-state index contributed by atoms with van der Waals surface area (Å²) in [4.78, 5) is 12.8. The summed E-state index contributed by atoms with van der Waals surface area (Å²) in [5.41, 5.74) is 2.62. The van der Waals surface area contributed by atoms with Crippen molar-refractivity contribution >= 4 is 15.9 Å². The van der Waals surface area contributed by atoms with E-state index in [0.717, 1.165) is 61.8 Å². The highest BCUT2D eigenvalue weighted by Gasteiger charge is 2.28. The molecule has 1 aliphatic carbocycles. The maximum absolute atomic E-state index is 12.8. The number of carbonyl (C=O) groups is 1. The van der Waals surface area contributed by atoms with Crippen LogP contribution in [0.15, 0.2) is 17.0 Å². The highest BCUT2D eigenvalue weighted by Crippen LogP contribution is 2.29. The van der Waals surface area contributed by atoms with Crippen molar-refractivity contribution in [3.63, 3.8) is 0 Å². The summed E-state index contributed by atoms with van der Waals surface area (Å²) in [5.74, 6) is 0.425. The van der Waals surface area contributed by atoms with Crippen LogP contribution in [-0.4, -0.2) is 40.1 Å². The third-order valence-electron chi connectivity index (χ3n) is 6.18. The van der Waals surface area contributed by atoms with Gasteiger partial charge < -0.3 is 10.1 Å². The van der Waals surface area contributed by atoms with Gasteiger partial charge in [-0.25, -0.2) is 13.1 Å². The number of rotatable bonds is 7. The standard InChI is InChI=1S/C22H34N2O4S/c1-15-11-16(2)21(17(3)12-15)29(26,27)24-13-18-6-8-19(9-7-18)22(25)23-14-20-5-4-10-28-20/h11-12,18-20,24H,4-10,13-14H2,1-3H3,(H,23,25). The Bertz CT molecular complexity index is 800. The Labute approximate surface area is 174 Å². The molecule has 1 saturated heterocycles. The molecule has 2 N–H and O–H groups in total. The number of ether oxygens (including phenoxy) is 1. The van der Waals surface area contributed by atoms with Gasteiger partial charge >= 0.3 is 0 Å². The van der Waals surface area contributed by atoms with E-state index in [4.69, 9.17) is 4.74 Å². The molecular weight excluding hydrogens is 388 g/mol. The van der Waals surface area contributed by atoms with E-state index >= 15 is 0 Å². The molecule has 7 heteroatoms. The van der Waals surface area contributed by atoms with E-state index in [9.17, 15) is 13.2 Å². The van der Waals surface area contributed by atoms with Crippen molar-refractivity contribution in [2.45, 2.75) is 70.3 Å². The molecule has 3 rings (SSSR count). The summed E-state index contributed by atoms with van der Waals surface area (Å²) >= 11 is 0. The Balaban J connectivity index is 1.46. The number of hydrogen-bond acceptors (Lipinski definition) is 4. The molecule has 2 aliphatic rings. The van der Waals surface area contributed by atoms with Crippen molar-refractivity contribution in [3.05, 3.63) is 28.8 Å². The lowest BCUT2D eigenvalue weighted by Crippen LogP contribution is -2.39. The van der Waals surface area contributed by atoms with Crippen LogP contribution in [0.5, 0.6) is 0 Å². The fourth-order valence-electron chi connectivity index (χ4n) is 4.68. The lowest BCUT2D eigenvalue weighted by atomic mass is 9.81. The molecule has 1 unspecified atom stereocenters. The van der Waals surface area contributed by atoms with Crippen LogP contribution in [0.4, 0.5) is 0 Å². The van der Waals surface area contributed by atoms with Crippen LogP contribution < -0.4 is 10.0 Å². The predicted molar refractivity (Wildman–Crippen MR) is 113 cm³/mol. The van der Waals surface area contributed by atoms with Gasteiger partial charge in [-0.2, -0.15) is 0 Å². The van der Waals surface area contributed by atoms with E-state index in [1.54, 1.807) is 0 Å². The van der Waals surface area contributed by atoms with Gasteiger partial charge in [-0.05, 0) is 76.3 Å². The van der Waals surface area contributed by atoms with E-state index in [2.05, 4.69) is 10.0 Å². The maximum atomic E-state index is 12.8. The van der Waals surface area contributed by atoms with E-state index in [1.807, 2.05) is 32.9 Å². The minimum atomic E-state index is -3.53. The Morgan fingerprint density at radius 2 is 1.69 bits per heavy atom. The molecule has 0 radical (unpaired) electrons. The first kappa shape index (κ1) is 22.2. The number of sulfonamides is 1.